The lowest BCUT2D eigenvalue weighted by molar-refractivity contribution is 0.155. The molecule has 0 amide bonds. The second-order valence-electron chi connectivity index (χ2n) is 5.10. The summed E-state index contributed by atoms with van der Waals surface area (Å²) < 4.78 is 11.5. The first-order valence-corrected chi connectivity index (χ1v) is 7.36. The van der Waals surface area contributed by atoms with Crippen LogP contribution in [-0.2, 0) is 6.42 Å². The van der Waals surface area contributed by atoms with Gasteiger partial charge < -0.3 is 14.6 Å². The highest BCUT2D eigenvalue weighted by atomic mass is 16.5. The van der Waals surface area contributed by atoms with Gasteiger partial charge in [-0.25, -0.2) is 0 Å². The summed E-state index contributed by atoms with van der Waals surface area (Å²) >= 11 is 0. The van der Waals surface area contributed by atoms with Crippen LogP contribution in [0.3, 0.4) is 0 Å². The number of benzene rings is 1. The molecule has 1 N–H and O–H groups in total. The van der Waals surface area contributed by atoms with Crippen molar-refractivity contribution in [1.82, 2.24) is 0 Å². The van der Waals surface area contributed by atoms with Crippen molar-refractivity contribution in [2.24, 2.45) is 0 Å². The molecule has 1 aliphatic carbocycles. The van der Waals surface area contributed by atoms with Crippen LogP contribution in [0.4, 0.5) is 0 Å². The molecule has 1 aliphatic rings. The number of aryl methyl sites for hydroxylation is 1. The molecule has 0 saturated heterocycles. The third-order valence-corrected chi connectivity index (χ3v) is 3.41. The summed E-state index contributed by atoms with van der Waals surface area (Å²) in [6, 6.07) is 4.03. The number of hydrogen-bond acceptors (Lipinski definition) is 3. The predicted molar refractivity (Wildman–Crippen MR) is 75.9 cm³/mol. The maximum Gasteiger partial charge on any atom is 0.161 e. The zero-order chi connectivity index (χ0) is 13.7. The molecule has 0 aromatic heterocycles. The highest BCUT2D eigenvalue weighted by Crippen LogP contribution is 2.38. The van der Waals surface area contributed by atoms with Gasteiger partial charge in [-0.05, 0) is 55.4 Å². The number of aliphatic hydroxyl groups is 1. The lowest BCUT2D eigenvalue weighted by Gasteiger charge is -2.24. The van der Waals surface area contributed by atoms with E-state index in [1.807, 2.05) is 6.07 Å². The van der Waals surface area contributed by atoms with Crippen molar-refractivity contribution in [3.05, 3.63) is 23.3 Å². The van der Waals surface area contributed by atoms with Crippen LogP contribution in [0, 0.1) is 0 Å². The fourth-order valence-corrected chi connectivity index (χ4v) is 2.44. The highest BCUT2D eigenvalue weighted by molar-refractivity contribution is 5.49. The smallest absolute Gasteiger partial charge is 0.161 e. The Labute approximate surface area is 115 Å². The third-order valence-electron chi connectivity index (χ3n) is 3.41. The lowest BCUT2D eigenvalue weighted by Crippen LogP contribution is -2.11. The Morgan fingerprint density at radius 1 is 1.11 bits per heavy atom. The SMILES string of the molecule is CCCOc1cc2c(cc1OCCC)[C@H](O)CCC2. The van der Waals surface area contributed by atoms with Gasteiger partial charge in [0.1, 0.15) is 0 Å². The van der Waals surface area contributed by atoms with Crippen molar-refractivity contribution in [1.29, 1.82) is 0 Å². The van der Waals surface area contributed by atoms with Gasteiger partial charge in [0.15, 0.2) is 11.5 Å². The fourth-order valence-electron chi connectivity index (χ4n) is 2.44. The van der Waals surface area contributed by atoms with E-state index >= 15 is 0 Å². The average molecular weight is 264 g/mol. The predicted octanol–water partition coefficient (Wildman–Crippen LogP) is 3.63. The minimum Gasteiger partial charge on any atom is -0.490 e. The van der Waals surface area contributed by atoms with Crippen molar-refractivity contribution in [3.63, 3.8) is 0 Å². The Bertz CT molecular complexity index is 415. The summed E-state index contributed by atoms with van der Waals surface area (Å²) in [7, 11) is 0. The van der Waals surface area contributed by atoms with Gasteiger partial charge in [0.25, 0.3) is 0 Å². The third kappa shape index (κ3) is 3.41. The molecule has 3 nitrogen and oxygen atoms in total. The molecule has 0 radical (unpaired) electrons. The van der Waals surface area contributed by atoms with Gasteiger partial charge in [-0.2, -0.15) is 0 Å². The lowest BCUT2D eigenvalue weighted by atomic mass is 9.89. The van der Waals surface area contributed by atoms with Gasteiger partial charge in [0.05, 0.1) is 19.3 Å². The molecular weight excluding hydrogens is 240 g/mol. The van der Waals surface area contributed by atoms with Crippen molar-refractivity contribution in [2.75, 3.05) is 13.2 Å². The largest absolute Gasteiger partial charge is 0.490 e. The topological polar surface area (TPSA) is 38.7 Å². The maximum atomic E-state index is 10.1. The van der Waals surface area contributed by atoms with E-state index in [-0.39, 0.29) is 6.10 Å². The van der Waals surface area contributed by atoms with Crippen LogP contribution >= 0.6 is 0 Å². The molecule has 0 bridgehead atoms. The second-order valence-corrected chi connectivity index (χ2v) is 5.10. The van der Waals surface area contributed by atoms with Gasteiger partial charge in [-0.15, -0.1) is 0 Å². The minimum atomic E-state index is -0.354. The molecular formula is C16H24O3. The summed E-state index contributed by atoms with van der Waals surface area (Å²) in [5, 5.41) is 10.1. The molecule has 0 unspecified atom stereocenters. The van der Waals surface area contributed by atoms with Crippen LogP contribution in [0.5, 0.6) is 11.5 Å². The summed E-state index contributed by atoms with van der Waals surface area (Å²) in [4.78, 5) is 0. The van der Waals surface area contributed by atoms with Gasteiger partial charge in [0.2, 0.25) is 0 Å². The van der Waals surface area contributed by atoms with Gasteiger partial charge >= 0.3 is 0 Å². The summed E-state index contributed by atoms with van der Waals surface area (Å²) in [6.07, 6.45) is 4.49. The van der Waals surface area contributed by atoms with E-state index in [2.05, 4.69) is 19.9 Å². The number of hydrogen-bond donors (Lipinski definition) is 1. The molecule has 0 fully saturated rings. The minimum absolute atomic E-state index is 0.354. The van der Waals surface area contributed by atoms with Crippen molar-refractivity contribution < 1.29 is 14.6 Å². The molecule has 2 rings (SSSR count). The number of fused-ring (bicyclic) bond motifs is 1. The Hall–Kier alpha value is -1.22. The molecule has 106 valence electrons. The molecule has 3 heteroatoms. The van der Waals surface area contributed by atoms with E-state index in [0.717, 1.165) is 49.2 Å². The van der Waals surface area contributed by atoms with E-state index < -0.39 is 0 Å². The van der Waals surface area contributed by atoms with Crippen LogP contribution in [0.1, 0.15) is 56.8 Å². The first-order chi connectivity index (χ1) is 9.26. The van der Waals surface area contributed by atoms with Crippen LogP contribution in [-0.4, -0.2) is 18.3 Å². The zero-order valence-electron chi connectivity index (χ0n) is 11.9. The van der Waals surface area contributed by atoms with Crippen molar-refractivity contribution in [2.45, 2.75) is 52.1 Å². The van der Waals surface area contributed by atoms with Crippen molar-refractivity contribution >= 4 is 0 Å². The summed E-state index contributed by atoms with van der Waals surface area (Å²) in [5.74, 6) is 1.60. The van der Waals surface area contributed by atoms with E-state index in [4.69, 9.17) is 9.47 Å². The standard InChI is InChI=1S/C16H24O3/c1-3-8-18-15-10-12-6-5-7-14(17)13(12)11-16(15)19-9-4-2/h10-11,14,17H,3-9H2,1-2H3/t14-/m1/s1. The molecule has 0 heterocycles. The van der Waals surface area contributed by atoms with Crippen LogP contribution < -0.4 is 9.47 Å². The van der Waals surface area contributed by atoms with Crippen LogP contribution in [0.2, 0.25) is 0 Å². The monoisotopic (exact) mass is 264 g/mol. The quantitative estimate of drug-likeness (QED) is 0.852. The van der Waals surface area contributed by atoms with Gasteiger partial charge in [-0.1, -0.05) is 13.8 Å². The molecule has 1 aromatic carbocycles. The Kier molecular flexibility index (Phi) is 5.08. The Balaban J connectivity index is 2.28. The first-order valence-electron chi connectivity index (χ1n) is 7.36. The molecule has 0 aliphatic heterocycles. The molecule has 0 saturated carbocycles. The van der Waals surface area contributed by atoms with Crippen LogP contribution in [0.25, 0.3) is 0 Å². The Morgan fingerprint density at radius 3 is 2.37 bits per heavy atom. The van der Waals surface area contributed by atoms with Gasteiger partial charge in [-0.3, -0.25) is 0 Å². The Morgan fingerprint density at radius 2 is 1.74 bits per heavy atom. The van der Waals surface area contributed by atoms with E-state index in [0.29, 0.717) is 13.2 Å². The fraction of sp³-hybridized carbons (Fsp3) is 0.625. The number of aliphatic hydroxyl groups excluding tert-OH is 1. The first kappa shape index (κ1) is 14.2. The van der Waals surface area contributed by atoms with E-state index in [9.17, 15) is 5.11 Å². The number of rotatable bonds is 6. The number of ether oxygens (including phenoxy) is 2. The highest BCUT2D eigenvalue weighted by Gasteiger charge is 2.21. The molecule has 19 heavy (non-hydrogen) atoms. The van der Waals surface area contributed by atoms with Gasteiger partial charge in [0, 0.05) is 0 Å². The zero-order valence-corrected chi connectivity index (χ0v) is 11.9. The van der Waals surface area contributed by atoms with E-state index in [1.54, 1.807) is 0 Å². The normalized spacial score (nSPS) is 17.9. The van der Waals surface area contributed by atoms with Crippen molar-refractivity contribution in [3.8, 4) is 11.5 Å². The molecule has 1 aromatic rings. The summed E-state index contributed by atoms with van der Waals surface area (Å²) in [6.45, 7) is 5.55. The summed E-state index contributed by atoms with van der Waals surface area (Å²) in [5.41, 5.74) is 2.22. The second kappa shape index (κ2) is 6.80. The molecule has 0 spiro atoms. The van der Waals surface area contributed by atoms with Crippen LogP contribution in [0.15, 0.2) is 12.1 Å². The average Bonchev–Trinajstić information content (AvgIpc) is 2.43. The molecule has 1 atom stereocenters. The maximum absolute atomic E-state index is 10.1. The van der Waals surface area contributed by atoms with E-state index in [1.165, 1.54) is 5.56 Å².